The summed E-state index contributed by atoms with van der Waals surface area (Å²) in [4.78, 5) is 4.21. The van der Waals surface area contributed by atoms with E-state index in [1.165, 1.54) is 5.56 Å². The molecule has 1 fully saturated rings. The number of aromatic nitrogens is 1. The van der Waals surface area contributed by atoms with Crippen LogP contribution in [0, 0.1) is 6.92 Å². The minimum atomic E-state index is 0.402. The van der Waals surface area contributed by atoms with Gasteiger partial charge in [-0.2, -0.15) is 0 Å². The van der Waals surface area contributed by atoms with Crippen molar-refractivity contribution in [3.63, 3.8) is 0 Å². The van der Waals surface area contributed by atoms with Crippen LogP contribution in [0.25, 0.3) is 0 Å². The summed E-state index contributed by atoms with van der Waals surface area (Å²) in [5.41, 5.74) is 2.25. The Morgan fingerprint density at radius 3 is 3.08 bits per heavy atom. The Hall–Kier alpha value is -0.930. The number of aryl methyl sites for hydroxylation is 1. The van der Waals surface area contributed by atoms with Crippen LogP contribution in [0.2, 0.25) is 0 Å². The van der Waals surface area contributed by atoms with Gasteiger partial charge in [0.2, 0.25) is 0 Å². The van der Waals surface area contributed by atoms with Gasteiger partial charge in [0.15, 0.2) is 0 Å². The highest BCUT2D eigenvalue weighted by Gasteiger charge is 2.16. The quantitative estimate of drug-likeness (QED) is 0.746. The normalized spacial score (nSPS) is 17.0. The van der Waals surface area contributed by atoms with E-state index in [-0.39, 0.29) is 0 Å². The third-order valence-electron chi connectivity index (χ3n) is 2.33. The van der Waals surface area contributed by atoms with Gasteiger partial charge in [-0.25, -0.2) is 0 Å². The maximum absolute atomic E-state index is 5.64. The predicted molar refractivity (Wildman–Crippen MR) is 50.4 cm³/mol. The van der Waals surface area contributed by atoms with Gasteiger partial charge in [-0.3, -0.25) is 4.98 Å². The van der Waals surface area contributed by atoms with Crippen molar-refractivity contribution in [2.24, 2.45) is 0 Å². The molecule has 0 atom stereocenters. The smallest absolute Gasteiger partial charge is 0.0828 e. The lowest BCUT2D eigenvalue weighted by atomic mass is 10.2. The van der Waals surface area contributed by atoms with E-state index in [9.17, 15) is 0 Å². The van der Waals surface area contributed by atoms with Crippen LogP contribution in [-0.4, -0.2) is 24.2 Å². The first-order valence-corrected chi connectivity index (χ1v) is 4.59. The van der Waals surface area contributed by atoms with E-state index < -0.39 is 0 Å². The first-order chi connectivity index (χ1) is 6.36. The molecule has 1 aromatic rings. The summed E-state index contributed by atoms with van der Waals surface area (Å²) in [6.45, 7) is 4.67. The van der Waals surface area contributed by atoms with Crippen LogP contribution in [0.15, 0.2) is 18.3 Å². The van der Waals surface area contributed by atoms with E-state index in [1.807, 2.05) is 19.2 Å². The Morgan fingerprint density at radius 1 is 1.62 bits per heavy atom. The molecule has 0 spiro atoms. The highest BCUT2D eigenvalue weighted by Crippen LogP contribution is 2.08. The zero-order chi connectivity index (χ0) is 9.10. The molecule has 0 amide bonds. The third kappa shape index (κ3) is 2.05. The fraction of sp³-hybridized carbons (Fsp3) is 0.500. The lowest BCUT2D eigenvalue weighted by Gasteiger charge is -2.27. The highest BCUT2D eigenvalue weighted by atomic mass is 16.5. The topological polar surface area (TPSA) is 34.1 Å². The zero-order valence-corrected chi connectivity index (χ0v) is 7.79. The second-order valence-corrected chi connectivity index (χ2v) is 3.34. The van der Waals surface area contributed by atoms with Crippen molar-refractivity contribution in [3.05, 3.63) is 29.6 Å². The molecule has 3 nitrogen and oxygen atoms in total. The molecule has 1 N–H and O–H groups in total. The third-order valence-corrected chi connectivity index (χ3v) is 2.33. The Morgan fingerprint density at radius 2 is 2.46 bits per heavy atom. The van der Waals surface area contributed by atoms with E-state index in [0.717, 1.165) is 18.8 Å². The second kappa shape index (κ2) is 3.85. The fourth-order valence-electron chi connectivity index (χ4n) is 1.26. The van der Waals surface area contributed by atoms with Gasteiger partial charge in [0.05, 0.1) is 12.7 Å². The van der Waals surface area contributed by atoms with Crippen LogP contribution in [0.5, 0.6) is 0 Å². The number of rotatable bonds is 3. The summed E-state index contributed by atoms with van der Waals surface area (Å²) in [7, 11) is 0. The van der Waals surface area contributed by atoms with Crippen molar-refractivity contribution in [2.45, 2.75) is 19.6 Å². The van der Waals surface area contributed by atoms with Crippen molar-refractivity contribution in [2.75, 3.05) is 13.1 Å². The monoisotopic (exact) mass is 178 g/mol. The first kappa shape index (κ1) is 8.66. The molecule has 0 aromatic carbocycles. The van der Waals surface area contributed by atoms with Crippen LogP contribution >= 0.6 is 0 Å². The van der Waals surface area contributed by atoms with E-state index >= 15 is 0 Å². The van der Waals surface area contributed by atoms with Gasteiger partial charge in [0.25, 0.3) is 0 Å². The van der Waals surface area contributed by atoms with Crippen molar-refractivity contribution >= 4 is 0 Å². The maximum Gasteiger partial charge on any atom is 0.0828 e. The lowest BCUT2D eigenvalue weighted by molar-refractivity contribution is 0.00724. The Bertz CT molecular complexity index is 284. The Labute approximate surface area is 78.1 Å². The number of hydrogen-bond acceptors (Lipinski definition) is 3. The van der Waals surface area contributed by atoms with Gasteiger partial charge in [0, 0.05) is 25.0 Å². The molecule has 0 saturated carbocycles. The van der Waals surface area contributed by atoms with Crippen molar-refractivity contribution in [1.29, 1.82) is 0 Å². The molecule has 1 aromatic heterocycles. The highest BCUT2D eigenvalue weighted by molar-refractivity contribution is 5.17. The van der Waals surface area contributed by atoms with Gasteiger partial charge in [-0.1, -0.05) is 6.07 Å². The maximum atomic E-state index is 5.64. The van der Waals surface area contributed by atoms with Crippen molar-refractivity contribution in [3.8, 4) is 0 Å². The predicted octanol–water partition coefficient (Wildman–Crippen LogP) is 0.878. The summed E-state index contributed by atoms with van der Waals surface area (Å²) < 4.78 is 5.64. The molecule has 1 aliphatic rings. The van der Waals surface area contributed by atoms with Crippen molar-refractivity contribution < 1.29 is 4.74 Å². The van der Waals surface area contributed by atoms with E-state index in [0.29, 0.717) is 12.7 Å². The molecule has 13 heavy (non-hydrogen) atoms. The fourth-order valence-corrected chi connectivity index (χ4v) is 1.26. The second-order valence-electron chi connectivity index (χ2n) is 3.34. The molecule has 1 saturated heterocycles. The molecular formula is C10H14N2O. The SMILES string of the molecule is Cc1ncccc1COC1CNC1. The molecule has 0 bridgehead atoms. The zero-order valence-electron chi connectivity index (χ0n) is 7.79. The number of nitrogens with one attached hydrogen (secondary N) is 1. The van der Waals surface area contributed by atoms with Gasteiger partial charge >= 0.3 is 0 Å². The van der Waals surface area contributed by atoms with E-state index in [4.69, 9.17) is 4.74 Å². The van der Waals surface area contributed by atoms with E-state index in [2.05, 4.69) is 16.4 Å². The molecule has 0 unspecified atom stereocenters. The molecule has 3 heteroatoms. The minimum absolute atomic E-state index is 0.402. The van der Waals surface area contributed by atoms with Gasteiger partial charge in [-0.15, -0.1) is 0 Å². The van der Waals surface area contributed by atoms with E-state index in [1.54, 1.807) is 0 Å². The Kier molecular flexibility index (Phi) is 2.57. The number of hydrogen-bond donors (Lipinski definition) is 1. The standard InChI is InChI=1S/C10H14N2O/c1-8-9(3-2-4-12-8)7-13-10-5-11-6-10/h2-4,10-11H,5-7H2,1H3. The van der Waals surface area contributed by atoms with Crippen LogP contribution < -0.4 is 5.32 Å². The number of pyridine rings is 1. The average Bonchev–Trinajstić information content (AvgIpc) is 2.05. The summed E-state index contributed by atoms with van der Waals surface area (Å²) in [6, 6.07) is 4.01. The molecular weight excluding hydrogens is 164 g/mol. The van der Waals surface area contributed by atoms with Gasteiger partial charge < -0.3 is 10.1 Å². The first-order valence-electron chi connectivity index (χ1n) is 4.59. The summed E-state index contributed by atoms with van der Waals surface area (Å²) in [6.07, 6.45) is 2.21. The molecule has 1 aliphatic heterocycles. The number of ether oxygens (including phenoxy) is 1. The molecule has 0 aliphatic carbocycles. The molecule has 2 heterocycles. The van der Waals surface area contributed by atoms with Crippen molar-refractivity contribution in [1.82, 2.24) is 10.3 Å². The summed E-state index contributed by atoms with van der Waals surface area (Å²) >= 11 is 0. The van der Waals surface area contributed by atoms with Crippen LogP contribution in [0.4, 0.5) is 0 Å². The number of nitrogens with zero attached hydrogens (tertiary/aromatic N) is 1. The summed E-state index contributed by atoms with van der Waals surface area (Å²) in [5.74, 6) is 0. The molecule has 70 valence electrons. The minimum Gasteiger partial charge on any atom is -0.371 e. The molecule has 0 radical (unpaired) electrons. The Balaban J connectivity index is 1.89. The van der Waals surface area contributed by atoms with Gasteiger partial charge in [0.1, 0.15) is 0 Å². The average molecular weight is 178 g/mol. The van der Waals surface area contributed by atoms with Gasteiger partial charge in [-0.05, 0) is 18.6 Å². The lowest BCUT2D eigenvalue weighted by Crippen LogP contribution is -2.48. The molecule has 2 rings (SSSR count). The van der Waals surface area contributed by atoms with Crippen LogP contribution in [0.3, 0.4) is 0 Å². The van der Waals surface area contributed by atoms with Crippen LogP contribution in [-0.2, 0) is 11.3 Å². The van der Waals surface area contributed by atoms with Crippen LogP contribution in [0.1, 0.15) is 11.3 Å². The largest absolute Gasteiger partial charge is 0.371 e. The summed E-state index contributed by atoms with van der Waals surface area (Å²) in [5, 5.41) is 3.17.